The maximum Gasteiger partial charge on any atom is 0.152 e. The van der Waals surface area contributed by atoms with Gasteiger partial charge < -0.3 is 4.74 Å². The highest BCUT2D eigenvalue weighted by molar-refractivity contribution is 6.16. The normalized spacial score (nSPS) is 14.8. The first kappa shape index (κ1) is 11.5. The number of methoxy groups -OCH3 is 1. The lowest BCUT2D eigenvalue weighted by atomic mass is 10.2. The molecule has 0 atom stereocenters. The Morgan fingerprint density at radius 1 is 1.28 bits per heavy atom. The molecule has 0 spiro atoms. The van der Waals surface area contributed by atoms with Crippen LogP contribution in [0, 0.1) is 0 Å². The van der Waals surface area contributed by atoms with E-state index in [0.717, 1.165) is 23.1 Å². The van der Waals surface area contributed by atoms with Crippen LogP contribution in [0.3, 0.4) is 0 Å². The molecule has 0 unspecified atom stereocenters. The molecule has 3 rings (SSSR count). The number of rotatable bonds is 4. The zero-order valence-corrected chi connectivity index (χ0v) is 10.9. The largest absolute Gasteiger partial charge is 0.497 e. The lowest BCUT2D eigenvalue weighted by Crippen LogP contribution is -2.03. The van der Waals surface area contributed by atoms with Gasteiger partial charge >= 0.3 is 0 Å². The third-order valence-electron chi connectivity index (χ3n) is 3.15. The molecule has 1 aliphatic carbocycles. The van der Waals surface area contributed by atoms with Gasteiger partial charge in [0, 0.05) is 11.6 Å². The summed E-state index contributed by atoms with van der Waals surface area (Å²) in [4.78, 5) is 0. The van der Waals surface area contributed by atoms with Gasteiger partial charge in [0.25, 0.3) is 0 Å². The fourth-order valence-electron chi connectivity index (χ4n) is 2.04. The highest BCUT2D eigenvalue weighted by atomic mass is 35.5. The van der Waals surface area contributed by atoms with E-state index >= 15 is 0 Å². The number of hydrogen-bond donors (Lipinski definition) is 0. The van der Waals surface area contributed by atoms with Crippen molar-refractivity contribution in [2.24, 2.45) is 0 Å². The molecule has 0 amide bonds. The molecule has 1 heterocycles. The molecule has 1 aliphatic rings. The Bertz CT molecular complexity index is 546. The number of hydrogen-bond acceptors (Lipinski definition) is 3. The number of ether oxygens (including phenoxy) is 1. The summed E-state index contributed by atoms with van der Waals surface area (Å²) in [5, 5.41) is 8.43. The van der Waals surface area contributed by atoms with Crippen LogP contribution in [0.25, 0.3) is 5.69 Å². The summed E-state index contributed by atoms with van der Waals surface area (Å²) < 4.78 is 7.23. The second-order valence-electron chi connectivity index (χ2n) is 4.42. The van der Waals surface area contributed by atoms with E-state index in [1.165, 1.54) is 12.8 Å². The lowest BCUT2D eigenvalue weighted by Gasteiger charge is -2.09. The van der Waals surface area contributed by atoms with Gasteiger partial charge in [-0.15, -0.1) is 21.8 Å². The molecule has 2 aromatic rings. The second kappa shape index (κ2) is 4.61. The van der Waals surface area contributed by atoms with Crippen molar-refractivity contribution in [3.05, 3.63) is 35.9 Å². The third-order valence-corrected chi connectivity index (χ3v) is 3.39. The summed E-state index contributed by atoms with van der Waals surface area (Å²) in [6.07, 6.45) is 2.38. The van der Waals surface area contributed by atoms with Crippen molar-refractivity contribution in [1.82, 2.24) is 14.8 Å². The highest BCUT2D eigenvalue weighted by Gasteiger charge is 2.30. The molecular formula is C13H14ClN3O. The molecule has 1 saturated carbocycles. The summed E-state index contributed by atoms with van der Waals surface area (Å²) in [6, 6.07) is 7.88. The van der Waals surface area contributed by atoms with Gasteiger partial charge in [-0.1, -0.05) is 0 Å². The van der Waals surface area contributed by atoms with Crippen molar-refractivity contribution in [3.63, 3.8) is 0 Å². The first-order valence-corrected chi connectivity index (χ1v) is 6.51. The lowest BCUT2D eigenvalue weighted by molar-refractivity contribution is 0.414. The molecular weight excluding hydrogens is 250 g/mol. The minimum absolute atomic E-state index is 0.367. The summed E-state index contributed by atoms with van der Waals surface area (Å²) in [5.74, 6) is 3.56. The monoisotopic (exact) mass is 263 g/mol. The van der Waals surface area contributed by atoms with Gasteiger partial charge in [-0.25, -0.2) is 0 Å². The number of nitrogens with zero attached hydrogens (tertiary/aromatic N) is 3. The van der Waals surface area contributed by atoms with Gasteiger partial charge in [0.1, 0.15) is 11.6 Å². The summed E-state index contributed by atoms with van der Waals surface area (Å²) in [6.45, 7) is 0. The molecule has 1 fully saturated rings. The highest BCUT2D eigenvalue weighted by Crippen LogP contribution is 2.40. The maximum absolute atomic E-state index is 5.93. The molecule has 0 bridgehead atoms. The van der Waals surface area contributed by atoms with Crippen LogP contribution in [0.15, 0.2) is 24.3 Å². The van der Waals surface area contributed by atoms with Crippen molar-refractivity contribution in [2.45, 2.75) is 24.6 Å². The molecule has 0 aliphatic heterocycles. The first-order valence-electron chi connectivity index (χ1n) is 5.98. The predicted octanol–water partition coefficient (Wildman–Crippen LogP) is 2.89. The SMILES string of the molecule is COc1ccc(-n2c(CCl)nnc2C2CC2)cc1. The predicted molar refractivity (Wildman–Crippen MR) is 69.4 cm³/mol. The van der Waals surface area contributed by atoms with Crippen LogP contribution in [0.5, 0.6) is 5.75 Å². The van der Waals surface area contributed by atoms with E-state index in [2.05, 4.69) is 14.8 Å². The molecule has 94 valence electrons. The van der Waals surface area contributed by atoms with Crippen molar-refractivity contribution in [3.8, 4) is 11.4 Å². The van der Waals surface area contributed by atoms with Gasteiger partial charge in [-0.3, -0.25) is 4.57 Å². The van der Waals surface area contributed by atoms with Crippen molar-refractivity contribution < 1.29 is 4.74 Å². The second-order valence-corrected chi connectivity index (χ2v) is 4.68. The van der Waals surface area contributed by atoms with Crippen LogP contribution in [-0.2, 0) is 5.88 Å². The standard InChI is InChI=1S/C13H14ClN3O/c1-18-11-6-4-10(5-7-11)17-12(8-14)15-16-13(17)9-2-3-9/h4-7,9H,2-3,8H2,1H3. The summed E-state index contributed by atoms with van der Waals surface area (Å²) >= 11 is 5.93. The van der Waals surface area contributed by atoms with Crippen LogP contribution in [0.1, 0.15) is 30.4 Å². The van der Waals surface area contributed by atoms with E-state index in [1.54, 1.807) is 7.11 Å². The quantitative estimate of drug-likeness (QED) is 0.797. The zero-order chi connectivity index (χ0) is 12.5. The Morgan fingerprint density at radius 3 is 2.56 bits per heavy atom. The van der Waals surface area contributed by atoms with Crippen LogP contribution in [0.2, 0.25) is 0 Å². The molecule has 1 aromatic heterocycles. The van der Waals surface area contributed by atoms with Crippen LogP contribution in [0.4, 0.5) is 0 Å². The topological polar surface area (TPSA) is 39.9 Å². The average molecular weight is 264 g/mol. The van der Waals surface area contributed by atoms with E-state index in [4.69, 9.17) is 16.3 Å². The summed E-state index contributed by atoms with van der Waals surface area (Å²) in [7, 11) is 1.66. The van der Waals surface area contributed by atoms with Gasteiger partial charge in [-0.2, -0.15) is 0 Å². The Labute approximate surface area is 111 Å². The minimum Gasteiger partial charge on any atom is -0.497 e. The van der Waals surface area contributed by atoms with Gasteiger partial charge in [-0.05, 0) is 37.1 Å². The van der Waals surface area contributed by atoms with Crippen molar-refractivity contribution in [1.29, 1.82) is 0 Å². The van der Waals surface area contributed by atoms with Gasteiger partial charge in [0.05, 0.1) is 13.0 Å². The third kappa shape index (κ3) is 1.97. The van der Waals surface area contributed by atoms with Crippen LogP contribution < -0.4 is 4.74 Å². The molecule has 18 heavy (non-hydrogen) atoms. The fraction of sp³-hybridized carbons (Fsp3) is 0.385. The minimum atomic E-state index is 0.367. The molecule has 4 nitrogen and oxygen atoms in total. The number of aromatic nitrogens is 3. The van der Waals surface area contributed by atoms with Crippen molar-refractivity contribution in [2.75, 3.05) is 7.11 Å². The van der Waals surface area contributed by atoms with E-state index in [0.29, 0.717) is 11.8 Å². The number of halogens is 1. The van der Waals surface area contributed by atoms with Crippen LogP contribution >= 0.6 is 11.6 Å². The Hall–Kier alpha value is -1.55. The molecule has 0 radical (unpaired) electrons. The Morgan fingerprint density at radius 2 is 2.00 bits per heavy atom. The summed E-state index contributed by atoms with van der Waals surface area (Å²) in [5.41, 5.74) is 1.04. The van der Waals surface area contributed by atoms with Crippen molar-refractivity contribution >= 4 is 11.6 Å². The maximum atomic E-state index is 5.93. The van der Waals surface area contributed by atoms with E-state index in [1.807, 2.05) is 24.3 Å². The molecule has 0 saturated heterocycles. The van der Waals surface area contributed by atoms with Crippen LogP contribution in [-0.4, -0.2) is 21.9 Å². The molecule has 0 N–H and O–H groups in total. The zero-order valence-electron chi connectivity index (χ0n) is 10.1. The first-order chi connectivity index (χ1) is 8.83. The fourth-order valence-corrected chi connectivity index (χ4v) is 2.21. The Balaban J connectivity index is 2.05. The number of alkyl halides is 1. The smallest absolute Gasteiger partial charge is 0.152 e. The van der Waals surface area contributed by atoms with E-state index < -0.39 is 0 Å². The van der Waals surface area contributed by atoms with Gasteiger partial charge in [0.15, 0.2) is 5.82 Å². The average Bonchev–Trinajstić information content (AvgIpc) is 3.18. The molecule has 5 heteroatoms. The van der Waals surface area contributed by atoms with Gasteiger partial charge in [0.2, 0.25) is 0 Å². The van der Waals surface area contributed by atoms with E-state index in [9.17, 15) is 0 Å². The molecule has 1 aromatic carbocycles. The Kier molecular flexibility index (Phi) is 2.96. The number of benzene rings is 1. The van der Waals surface area contributed by atoms with E-state index in [-0.39, 0.29) is 0 Å².